The SMILES string of the molecule is Cc1cc(C(=O)O)cc(Sc2cc(C)nn2C)n1. The Hall–Kier alpha value is -1.82. The van der Waals surface area contributed by atoms with Crippen LogP contribution in [0.25, 0.3) is 0 Å². The van der Waals surface area contributed by atoms with Crippen LogP contribution in [0.3, 0.4) is 0 Å². The minimum absolute atomic E-state index is 0.254. The summed E-state index contributed by atoms with van der Waals surface area (Å²) in [5.41, 5.74) is 1.87. The topological polar surface area (TPSA) is 68.0 Å². The number of nitrogens with zero attached hydrogens (tertiary/aromatic N) is 3. The minimum Gasteiger partial charge on any atom is -0.478 e. The van der Waals surface area contributed by atoms with E-state index < -0.39 is 5.97 Å². The molecule has 2 aromatic rings. The van der Waals surface area contributed by atoms with Gasteiger partial charge in [0.2, 0.25) is 0 Å². The molecule has 18 heavy (non-hydrogen) atoms. The van der Waals surface area contributed by atoms with Crippen LogP contribution in [0.5, 0.6) is 0 Å². The van der Waals surface area contributed by atoms with Crippen LogP contribution in [0, 0.1) is 13.8 Å². The average molecular weight is 263 g/mol. The molecule has 0 fully saturated rings. The molecule has 2 heterocycles. The van der Waals surface area contributed by atoms with E-state index in [0.717, 1.165) is 10.7 Å². The van der Waals surface area contributed by atoms with Crippen LogP contribution in [0.15, 0.2) is 28.3 Å². The highest BCUT2D eigenvalue weighted by molar-refractivity contribution is 7.99. The van der Waals surface area contributed by atoms with Crippen molar-refractivity contribution in [1.82, 2.24) is 14.8 Å². The van der Waals surface area contributed by atoms with Crippen molar-refractivity contribution in [3.8, 4) is 0 Å². The standard InChI is InChI=1S/C12H13N3O2S/c1-7-4-9(12(16)17)6-10(13-7)18-11-5-8(2)14-15(11)3/h4-6H,1-3H3,(H,16,17). The van der Waals surface area contributed by atoms with E-state index in [9.17, 15) is 4.79 Å². The molecule has 0 aliphatic heterocycles. The molecule has 0 amide bonds. The van der Waals surface area contributed by atoms with Crippen LogP contribution in [0.2, 0.25) is 0 Å². The fourth-order valence-electron chi connectivity index (χ4n) is 1.60. The van der Waals surface area contributed by atoms with E-state index in [-0.39, 0.29) is 5.56 Å². The maximum atomic E-state index is 11.0. The van der Waals surface area contributed by atoms with Gasteiger partial charge in [0.25, 0.3) is 0 Å². The normalized spacial score (nSPS) is 10.6. The molecule has 5 nitrogen and oxygen atoms in total. The Labute approximate surface area is 109 Å². The van der Waals surface area contributed by atoms with E-state index in [1.807, 2.05) is 20.0 Å². The van der Waals surface area contributed by atoms with Crippen molar-refractivity contribution in [3.05, 3.63) is 35.2 Å². The van der Waals surface area contributed by atoms with Crippen molar-refractivity contribution in [2.75, 3.05) is 0 Å². The van der Waals surface area contributed by atoms with E-state index in [1.165, 1.54) is 11.8 Å². The van der Waals surface area contributed by atoms with Crippen LogP contribution in [0.4, 0.5) is 0 Å². The molecule has 0 aliphatic carbocycles. The fraction of sp³-hybridized carbons (Fsp3) is 0.250. The first-order valence-corrected chi connectivity index (χ1v) is 6.18. The third-order valence-corrected chi connectivity index (χ3v) is 3.35. The predicted molar refractivity (Wildman–Crippen MR) is 68.0 cm³/mol. The zero-order chi connectivity index (χ0) is 13.3. The summed E-state index contributed by atoms with van der Waals surface area (Å²) < 4.78 is 1.75. The second-order valence-corrected chi connectivity index (χ2v) is 5.03. The molecule has 0 aromatic carbocycles. The van der Waals surface area contributed by atoms with Crippen molar-refractivity contribution < 1.29 is 9.90 Å². The first-order chi connectivity index (χ1) is 8.45. The molecule has 2 rings (SSSR count). The molecular weight excluding hydrogens is 250 g/mol. The lowest BCUT2D eigenvalue weighted by Gasteiger charge is -2.04. The Morgan fingerprint density at radius 2 is 2.00 bits per heavy atom. The maximum absolute atomic E-state index is 11.0. The van der Waals surface area contributed by atoms with Gasteiger partial charge in [-0.2, -0.15) is 5.10 Å². The summed E-state index contributed by atoms with van der Waals surface area (Å²) >= 11 is 1.41. The molecule has 0 saturated heterocycles. The van der Waals surface area contributed by atoms with Gasteiger partial charge < -0.3 is 5.11 Å². The smallest absolute Gasteiger partial charge is 0.335 e. The molecule has 0 spiro atoms. The van der Waals surface area contributed by atoms with Gasteiger partial charge in [0.15, 0.2) is 0 Å². The Morgan fingerprint density at radius 1 is 1.28 bits per heavy atom. The first kappa shape index (κ1) is 12.6. The molecule has 0 radical (unpaired) electrons. The summed E-state index contributed by atoms with van der Waals surface area (Å²) in [5, 5.41) is 14.8. The summed E-state index contributed by atoms with van der Waals surface area (Å²) in [4.78, 5) is 15.3. The van der Waals surface area contributed by atoms with Gasteiger partial charge in [-0.3, -0.25) is 4.68 Å². The van der Waals surface area contributed by atoms with Gasteiger partial charge in [0.1, 0.15) is 10.1 Å². The van der Waals surface area contributed by atoms with Gasteiger partial charge in [-0.25, -0.2) is 9.78 Å². The molecule has 0 aliphatic rings. The van der Waals surface area contributed by atoms with Crippen LogP contribution in [-0.4, -0.2) is 25.8 Å². The Morgan fingerprint density at radius 3 is 2.56 bits per heavy atom. The lowest BCUT2D eigenvalue weighted by molar-refractivity contribution is 0.0696. The number of carboxylic acids is 1. The lowest BCUT2D eigenvalue weighted by atomic mass is 10.2. The molecule has 2 aromatic heterocycles. The van der Waals surface area contributed by atoms with Crippen LogP contribution < -0.4 is 0 Å². The number of pyridine rings is 1. The van der Waals surface area contributed by atoms with Gasteiger partial charge in [0.05, 0.1) is 11.3 Å². The van der Waals surface area contributed by atoms with Crippen LogP contribution in [0.1, 0.15) is 21.7 Å². The molecule has 0 unspecified atom stereocenters. The molecule has 0 saturated carbocycles. The number of hydrogen-bond acceptors (Lipinski definition) is 4. The van der Waals surface area contributed by atoms with Crippen LogP contribution in [-0.2, 0) is 7.05 Å². The van der Waals surface area contributed by atoms with Gasteiger partial charge in [-0.05, 0) is 32.0 Å². The summed E-state index contributed by atoms with van der Waals surface area (Å²) in [7, 11) is 1.85. The van der Waals surface area contributed by atoms with Crippen LogP contribution >= 0.6 is 11.8 Å². The number of aryl methyl sites for hydroxylation is 3. The van der Waals surface area contributed by atoms with Gasteiger partial charge >= 0.3 is 5.97 Å². The summed E-state index contributed by atoms with van der Waals surface area (Å²) in [6.07, 6.45) is 0. The predicted octanol–water partition coefficient (Wildman–Crippen LogP) is 2.28. The van der Waals surface area contributed by atoms with Crippen molar-refractivity contribution in [3.63, 3.8) is 0 Å². The monoisotopic (exact) mass is 263 g/mol. The Balaban J connectivity index is 2.34. The molecule has 0 bridgehead atoms. The van der Waals surface area contributed by atoms with Crippen molar-refractivity contribution in [1.29, 1.82) is 0 Å². The molecular formula is C12H13N3O2S. The molecule has 1 N–H and O–H groups in total. The molecule has 0 atom stereocenters. The number of aromatic nitrogens is 3. The van der Waals surface area contributed by atoms with E-state index >= 15 is 0 Å². The third kappa shape index (κ3) is 2.70. The van der Waals surface area contributed by atoms with Gasteiger partial charge in [0, 0.05) is 12.7 Å². The second kappa shape index (κ2) is 4.81. The Kier molecular flexibility index (Phi) is 3.38. The zero-order valence-corrected chi connectivity index (χ0v) is 11.2. The lowest BCUT2D eigenvalue weighted by Crippen LogP contribution is -1.99. The largest absolute Gasteiger partial charge is 0.478 e. The molecule has 6 heteroatoms. The highest BCUT2D eigenvalue weighted by Gasteiger charge is 2.10. The number of carboxylic acid groups (broad SMARTS) is 1. The number of rotatable bonds is 3. The zero-order valence-electron chi connectivity index (χ0n) is 10.3. The highest BCUT2D eigenvalue weighted by atomic mass is 32.2. The van der Waals surface area contributed by atoms with Crippen molar-refractivity contribution in [2.45, 2.75) is 23.9 Å². The number of aromatic carboxylic acids is 1. The number of hydrogen-bond donors (Lipinski definition) is 1. The maximum Gasteiger partial charge on any atom is 0.335 e. The van der Waals surface area contributed by atoms with Crippen molar-refractivity contribution >= 4 is 17.7 Å². The first-order valence-electron chi connectivity index (χ1n) is 5.36. The van der Waals surface area contributed by atoms with Crippen molar-refractivity contribution in [2.24, 2.45) is 7.05 Å². The second-order valence-electron chi connectivity index (χ2n) is 3.99. The minimum atomic E-state index is -0.941. The van der Waals surface area contributed by atoms with E-state index in [0.29, 0.717) is 10.7 Å². The number of carbonyl (C=O) groups is 1. The fourth-order valence-corrected chi connectivity index (χ4v) is 2.60. The average Bonchev–Trinajstić information content (AvgIpc) is 2.56. The highest BCUT2D eigenvalue weighted by Crippen LogP contribution is 2.27. The summed E-state index contributed by atoms with van der Waals surface area (Å²) in [6, 6.07) is 5.07. The van der Waals surface area contributed by atoms with E-state index in [2.05, 4.69) is 10.1 Å². The van der Waals surface area contributed by atoms with Gasteiger partial charge in [-0.15, -0.1) is 0 Å². The summed E-state index contributed by atoms with van der Waals surface area (Å²) in [6.45, 7) is 3.70. The third-order valence-electron chi connectivity index (χ3n) is 2.35. The quantitative estimate of drug-likeness (QED) is 0.920. The summed E-state index contributed by atoms with van der Waals surface area (Å²) in [5.74, 6) is -0.941. The van der Waals surface area contributed by atoms with E-state index in [1.54, 1.807) is 23.7 Å². The Bertz CT molecular complexity index is 607. The molecule has 94 valence electrons. The van der Waals surface area contributed by atoms with Gasteiger partial charge in [-0.1, -0.05) is 11.8 Å². The van der Waals surface area contributed by atoms with E-state index in [4.69, 9.17) is 5.11 Å².